The molecule has 0 bridgehead atoms. The lowest BCUT2D eigenvalue weighted by molar-refractivity contribution is 0.0531. The first kappa shape index (κ1) is 11.5. The molecule has 0 spiro atoms. The van der Waals surface area contributed by atoms with Crippen LogP contribution in [0.1, 0.15) is 17.0 Å². The Balaban J connectivity index is 1.49. The average molecular weight is 246 g/mol. The minimum Gasteiger partial charge on any atom is -0.378 e. The largest absolute Gasteiger partial charge is 0.378 e. The Morgan fingerprint density at radius 1 is 1.33 bits per heavy atom. The maximum absolute atomic E-state index is 11.9. The van der Waals surface area contributed by atoms with E-state index in [0.717, 1.165) is 13.0 Å². The van der Waals surface area contributed by atoms with Crippen molar-refractivity contribution in [2.24, 2.45) is 0 Å². The summed E-state index contributed by atoms with van der Waals surface area (Å²) >= 11 is 0. The van der Waals surface area contributed by atoms with Gasteiger partial charge < -0.3 is 15.0 Å². The minimum atomic E-state index is 0.0441. The molecule has 1 N–H and O–H groups in total. The zero-order valence-corrected chi connectivity index (χ0v) is 10.4. The van der Waals surface area contributed by atoms with Crippen molar-refractivity contribution in [2.75, 3.05) is 32.8 Å². The van der Waals surface area contributed by atoms with Gasteiger partial charge in [0.05, 0.1) is 13.2 Å². The number of rotatable bonds is 2. The Bertz CT molecular complexity index is 441. The molecule has 0 radical (unpaired) electrons. The molecule has 18 heavy (non-hydrogen) atoms. The van der Waals surface area contributed by atoms with Gasteiger partial charge in [-0.25, -0.2) is 4.79 Å². The van der Waals surface area contributed by atoms with Crippen LogP contribution >= 0.6 is 0 Å². The van der Waals surface area contributed by atoms with Crippen LogP contribution in [0.15, 0.2) is 24.3 Å². The summed E-state index contributed by atoms with van der Waals surface area (Å²) in [6.45, 7) is 3.45. The number of morpholine rings is 1. The number of carbonyl (C=O) groups is 1. The van der Waals surface area contributed by atoms with Crippen molar-refractivity contribution in [1.29, 1.82) is 0 Å². The van der Waals surface area contributed by atoms with Gasteiger partial charge in [-0.2, -0.15) is 0 Å². The maximum atomic E-state index is 11.9. The number of amides is 2. The molecule has 1 saturated heterocycles. The second-order valence-corrected chi connectivity index (χ2v) is 4.89. The number of fused-ring (bicyclic) bond motifs is 1. The number of nitrogens with zero attached hydrogens (tertiary/aromatic N) is 1. The Morgan fingerprint density at radius 3 is 2.89 bits per heavy atom. The van der Waals surface area contributed by atoms with Crippen molar-refractivity contribution < 1.29 is 9.53 Å². The van der Waals surface area contributed by atoms with Gasteiger partial charge in [-0.1, -0.05) is 24.3 Å². The van der Waals surface area contributed by atoms with Crippen LogP contribution in [-0.2, 0) is 11.2 Å². The van der Waals surface area contributed by atoms with E-state index in [-0.39, 0.29) is 6.03 Å². The molecule has 3 rings (SSSR count). The average Bonchev–Trinajstić information content (AvgIpc) is 2.40. The number of benzene rings is 1. The standard InChI is InChI=1S/C14H18N2O2/c17-14(16-5-7-18-8-6-16)15-10-12-9-11-3-1-2-4-13(11)12/h1-4,12H,5-10H2,(H,15,17). The Morgan fingerprint density at radius 2 is 2.11 bits per heavy atom. The predicted molar refractivity (Wildman–Crippen MR) is 68.7 cm³/mol. The van der Waals surface area contributed by atoms with E-state index in [9.17, 15) is 4.79 Å². The summed E-state index contributed by atoms with van der Waals surface area (Å²) in [5.74, 6) is 0.492. The fourth-order valence-corrected chi connectivity index (χ4v) is 2.63. The summed E-state index contributed by atoms with van der Waals surface area (Å²) < 4.78 is 5.23. The molecule has 0 aromatic heterocycles. The van der Waals surface area contributed by atoms with Gasteiger partial charge in [0.2, 0.25) is 0 Å². The fraction of sp³-hybridized carbons (Fsp3) is 0.500. The number of hydrogen-bond acceptors (Lipinski definition) is 2. The van der Waals surface area contributed by atoms with Crippen LogP contribution < -0.4 is 5.32 Å². The zero-order chi connectivity index (χ0) is 12.4. The normalized spacial score (nSPS) is 22.0. The molecular weight excluding hydrogens is 228 g/mol. The molecule has 96 valence electrons. The van der Waals surface area contributed by atoms with E-state index in [0.29, 0.717) is 32.2 Å². The summed E-state index contributed by atoms with van der Waals surface area (Å²) in [6.07, 6.45) is 1.08. The molecule has 1 unspecified atom stereocenters. The van der Waals surface area contributed by atoms with Gasteiger partial charge in [-0.05, 0) is 17.5 Å². The summed E-state index contributed by atoms with van der Waals surface area (Å²) in [5.41, 5.74) is 2.81. The highest BCUT2D eigenvalue weighted by Crippen LogP contribution is 2.33. The second-order valence-electron chi connectivity index (χ2n) is 4.89. The third-order valence-electron chi connectivity index (χ3n) is 3.76. The second kappa shape index (κ2) is 4.98. The molecule has 1 atom stereocenters. The van der Waals surface area contributed by atoms with Gasteiger partial charge in [0.1, 0.15) is 0 Å². The van der Waals surface area contributed by atoms with E-state index >= 15 is 0 Å². The van der Waals surface area contributed by atoms with Crippen molar-refractivity contribution in [3.8, 4) is 0 Å². The first-order valence-corrected chi connectivity index (χ1v) is 6.53. The molecule has 1 aliphatic carbocycles. The van der Waals surface area contributed by atoms with E-state index in [1.54, 1.807) is 0 Å². The Kier molecular flexibility index (Phi) is 3.19. The van der Waals surface area contributed by atoms with E-state index in [1.165, 1.54) is 11.1 Å². The first-order valence-electron chi connectivity index (χ1n) is 6.53. The maximum Gasteiger partial charge on any atom is 0.317 e. The molecule has 1 heterocycles. The van der Waals surface area contributed by atoms with Crippen LogP contribution in [0.4, 0.5) is 4.79 Å². The smallest absolute Gasteiger partial charge is 0.317 e. The van der Waals surface area contributed by atoms with Gasteiger partial charge >= 0.3 is 6.03 Å². The Labute approximate surface area is 107 Å². The molecule has 1 aromatic carbocycles. The molecule has 2 aliphatic rings. The van der Waals surface area contributed by atoms with E-state index < -0.39 is 0 Å². The third-order valence-corrected chi connectivity index (χ3v) is 3.76. The molecule has 4 heteroatoms. The highest BCUT2D eigenvalue weighted by molar-refractivity contribution is 5.74. The van der Waals surface area contributed by atoms with Crippen molar-refractivity contribution in [1.82, 2.24) is 10.2 Å². The zero-order valence-electron chi connectivity index (χ0n) is 10.4. The number of ether oxygens (including phenoxy) is 1. The highest BCUT2D eigenvalue weighted by atomic mass is 16.5. The van der Waals surface area contributed by atoms with Gasteiger partial charge in [-0.3, -0.25) is 0 Å². The summed E-state index contributed by atoms with van der Waals surface area (Å²) in [4.78, 5) is 13.7. The van der Waals surface area contributed by atoms with Crippen LogP contribution in [0, 0.1) is 0 Å². The molecule has 0 saturated carbocycles. The SMILES string of the molecule is O=C(NCC1Cc2ccccc21)N1CCOCC1. The predicted octanol–water partition coefficient (Wildman–Crippen LogP) is 1.37. The van der Waals surface area contributed by atoms with Crippen molar-refractivity contribution in [2.45, 2.75) is 12.3 Å². The highest BCUT2D eigenvalue weighted by Gasteiger charge is 2.26. The van der Waals surface area contributed by atoms with Crippen LogP contribution in [0.2, 0.25) is 0 Å². The van der Waals surface area contributed by atoms with Gasteiger partial charge in [0, 0.05) is 25.6 Å². The van der Waals surface area contributed by atoms with Crippen molar-refractivity contribution in [3.63, 3.8) is 0 Å². The quantitative estimate of drug-likeness (QED) is 0.856. The fourth-order valence-electron chi connectivity index (χ4n) is 2.63. The monoisotopic (exact) mass is 246 g/mol. The molecular formula is C14H18N2O2. The number of nitrogens with one attached hydrogen (secondary N) is 1. The van der Waals surface area contributed by atoms with E-state index in [1.807, 2.05) is 4.90 Å². The first-order chi connectivity index (χ1) is 8.84. The lowest BCUT2D eigenvalue weighted by Crippen LogP contribution is -2.47. The molecule has 4 nitrogen and oxygen atoms in total. The third kappa shape index (κ3) is 2.20. The topological polar surface area (TPSA) is 41.6 Å². The van der Waals surface area contributed by atoms with Gasteiger partial charge in [0.15, 0.2) is 0 Å². The van der Waals surface area contributed by atoms with E-state index in [4.69, 9.17) is 4.74 Å². The summed E-state index contributed by atoms with van der Waals surface area (Å²) in [7, 11) is 0. The van der Waals surface area contributed by atoms with Crippen molar-refractivity contribution >= 4 is 6.03 Å². The van der Waals surface area contributed by atoms with E-state index in [2.05, 4.69) is 29.6 Å². The van der Waals surface area contributed by atoms with Crippen LogP contribution in [0.25, 0.3) is 0 Å². The lowest BCUT2D eigenvalue weighted by Gasteiger charge is -2.32. The molecule has 2 amide bonds. The summed E-state index contributed by atoms with van der Waals surface area (Å²) in [6, 6.07) is 8.50. The molecule has 1 aliphatic heterocycles. The van der Waals surface area contributed by atoms with Crippen LogP contribution in [0.3, 0.4) is 0 Å². The Hall–Kier alpha value is -1.55. The number of urea groups is 1. The van der Waals surface area contributed by atoms with Crippen molar-refractivity contribution in [3.05, 3.63) is 35.4 Å². The lowest BCUT2D eigenvalue weighted by atomic mass is 9.78. The molecule has 1 aromatic rings. The molecule has 1 fully saturated rings. The van der Waals surface area contributed by atoms with Crippen LogP contribution in [-0.4, -0.2) is 43.8 Å². The number of hydrogen-bond donors (Lipinski definition) is 1. The summed E-state index contributed by atoms with van der Waals surface area (Å²) in [5, 5.41) is 3.03. The van der Waals surface area contributed by atoms with Gasteiger partial charge in [0.25, 0.3) is 0 Å². The minimum absolute atomic E-state index is 0.0441. The van der Waals surface area contributed by atoms with Gasteiger partial charge in [-0.15, -0.1) is 0 Å². The number of carbonyl (C=O) groups excluding carboxylic acids is 1. The van der Waals surface area contributed by atoms with Crippen LogP contribution in [0.5, 0.6) is 0 Å².